The number of amides is 2. The van der Waals surface area contributed by atoms with Gasteiger partial charge in [0, 0.05) is 35.5 Å². The summed E-state index contributed by atoms with van der Waals surface area (Å²) >= 11 is 12.2. The second-order valence-corrected chi connectivity index (χ2v) is 9.25. The minimum absolute atomic E-state index is 0.162. The van der Waals surface area contributed by atoms with Gasteiger partial charge in [0.05, 0.1) is 0 Å². The lowest BCUT2D eigenvalue weighted by Crippen LogP contribution is -2.51. The average Bonchev–Trinajstić information content (AvgIpc) is 2.82. The molecule has 3 rings (SSSR count). The van der Waals surface area contributed by atoms with Crippen molar-refractivity contribution in [2.24, 2.45) is 5.92 Å². The maximum absolute atomic E-state index is 13.5. The van der Waals surface area contributed by atoms with Gasteiger partial charge < -0.3 is 10.2 Å². The molecule has 1 atom stereocenters. The fraction of sp³-hybridized carbons (Fsp3) is 0.259. The Morgan fingerprint density at radius 2 is 1.62 bits per heavy atom. The van der Waals surface area contributed by atoms with Crippen LogP contribution >= 0.6 is 23.2 Å². The van der Waals surface area contributed by atoms with Crippen LogP contribution in [0.3, 0.4) is 0 Å². The molecule has 34 heavy (non-hydrogen) atoms. The SMILES string of the molecule is CC(C)C(=O)N(Cc1ccc(F)cc1)[C@@H](Cc1ccccc1)C(=O)NCc1ccc(Cl)cc1Cl. The molecule has 1 N–H and O–H groups in total. The summed E-state index contributed by atoms with van der Waals surface area (Å²) in [5.41, 5.74) is 2.38. The molecule has 0 saturated carbocycles. The average molecular weight is 501 g/mol. The molecular weight excluding hydrogens is 474 g/mol. The molecule has 0 spiro atoms. The first-order valence-electron chi connectivity index (χ1n) is 11.0. The van der Waals surface area contributed by atoms with E-state index >= 15 is 0 Å². The smallest absolute Gasteiger partial charge is 0.243 e. The van der Waals surface area contributed by atoms with Crippen LogP contribution in [0.2, 0.25) is 10.0 Å². The van der Waals surface area contributed by atoms with E-state index in [4.69, 9.17) is 23.2 Å². The number of halogens is 3. The molecule has 3 aromatic rings. The summed E-state index contributed by atoms with van der Waals surface area (Å²) in [4.78, 5) is 28.3. The molecule has 0 aliphatic rings. The van der Waals surface area contributed by atoms with Gasteiger partial charge in [-0.1, -0.05) is 85.6 Å². The molecule has 0 aromatic heterocycles. The third kappa shape index (κ3) is 7.05. The molecule has 0 bridgehead atoms. The molecule has 3 aromatic carbocycles. The molecule has 7 heteroatoms. The van der Waals surface area contributed by atoms with Gasteiger partial charge in [-0.3, -0.25) is 9.59 Å². The minimum Gasteiger partial charge on any atom is -0.350 e. The van der Waals surface area contributed by atoms with E-state index in [-0.39, 0.29) is 36.6 Å². The molecular formula is C27H27Cl2FN2O2. The fourth-order valence-electron chi connectivity index (χ4n) is 3.61. The van der Waals surface area contributed by atoms with Gasteiger partial charge in [-0.25, -0.2) is 4.39 Å². The number of hydrogen-bond acceptors (Lipinski definition) is 2. The van der Waals surface area contributed by atoms with E-state index in [1.807, 2.05) is 30.3 Å². The van der Waals surface area contributed by atoms with Crippen molar-refractivity contribution in [1.82, 2.24) is 10.2 Å². The highest BCUT2D eigenvalue weighted by atomic mass is 35.5. The normalized spacial score (nSPS) is 11.8. The Labute approximate surface area is 209 Å². The van der Waals surface area contributed by atoms with Gasteiger partial charge >= 0.3 is 0 Å². The molecule has 0 fully saturated rings. The maximum Gasteiger partial charge on any atom is 0.243 e. The van der Waals surface area contributed by atoms with Gasteiger partial charge in [0.2, 0.25) is 11.8 Å². The number of hydrogen-bond donors (Lipinski definition) is 1. The lowest BCUT2D eigenvalue weighted by atomic mass is 10.0. The standard InChI is InChI=1S/C27H27Cl2FN2O2/c1-18(2)27(34)32(17-20-8-12-23(30)13-9-20)25(14-19-6-4-3-5-7-19)26(33)31-16-21-10-11-22(28)15-24(21)29/h3-13,15,18,25H,14,16-17H2,1-2H3,(H,31,33)/t25-/m0/s1. The largest absolute Gasteiger partial charge is 0.350 e. The minimum atomic E-state index is -0.770. The van der Waals surface area contributed by atoms with Crippen LogP contribution in [-0.2, 0) is 29.1 Å². The van der Waals surface area contributed by atoms with Gasteiger partial charge in [-0.05, 0) is 41.0 Å². The molecule has 0 aliphatic carbocycles. The number of benzene rings is 3. The van der Waals surface area contributed by atoms with Crippen molar-refractivity contribution in [3.8, 4) is 0 Å². The van der Waals surface area contributed by atoms with Crippen LogP contribution in [0.15, 0.2) is 72.8 Å². The first-order valence-corrected chi connectivity index (χ1v) is 11.8. The molecule has 0 unspecified atom stereocenters. The third-order valence-electron chi connectivity index (χ3n) is 5.46. The number of nitrogens with one attached hydrogen (secondary N) is 1. The summed E-state index contributed by atoms with van der Waals surface area (Å²) in [5.74, 6) is -1.14. The van der Waals surface area contributed by atoms with Crippen molar-refractivity contribution in [3.63, 3.8) is 0 Å². The van der Waals surface area contributed by atoms with E-state index in [0.717, 1.165) is 16.7 Å². The zero-order valence-corrected chi connectivity index (χ0v) is 20.6. The lowest BCUT2D eigenvalue weighted by molar-refractivity contribution is -0.143. The molecule has 0 heterocycles. The Balaban J connectivity index is 1.90. The zero-order valence-electron chi connectivity index (χ0n) is 19.1. The van der Waals surface area contributed by atoms with Crippen molar-refractivity contribution in [2.45, 2.75) is 39.4 Å². The van der Waals surface area contributed by atoms with E-state index < -0.39 is 6.04 Å². The van der Waals surface area contributed by atoms with E-state index in [1.165, 1.54) is 12.1 Å². The highest BCUT2D eigenvalue weighted by molar-refractivity contribution is 6.35. The third-order valence-corrected chi connectivity index (χ3v) is 6.05. The van der Waals surface area contributed by atoms with Crippen molar-refractivity contribution in [2.75, 3.05) is 0 Å². The summed E-state index contributed by atoms with van der Waals surface area (Å²) in [6.07, 6.45) is 0.334. The first kappa shape index (κ1) is 25.7. The van der Waals surface area contributed by atoms with E-state index in [1.54, 1.807) is 49.1 Å². The summed E-state index contributed by atoms with van der Waals surface area (Å²) in [6, 6.07) is 19.8. The molecule has 0 saturated heterocycles. The molecule has 178 valence electrons. The summed E-state index contributed by atoms with van der Waals surface area (Å²) in [5, 5.41) is 3.89. The van der Waals surface area contributed by atoms with Crippen LogP contribution in [-0.4, -0.2) is 22.8 Å². The predicted molar refractivity (Wildman–Crippen MR) is 134 cm³/mol. The number of carbonyl (C=O) groups excluding carboxylic acids is 2. The summed E-state index contributed by atoms with van der Waals surface area (Å²) < 4.78 is 13.4. The first-order chi connectivity index (χ1) is 16.2. The molecule has 0 radical (unpaired) electrons. The molecule has 0 aliphatic heterocycles. The molecule has 4 nitrogen and oxygen atoms in total. The van der Waals surface area contributed by atoms with Crippen LogP contribution in [0.25, 0.3) is 0 Å². The number of rotatable bonds is 9. The van der Waals surface area contributed by atoms with Crippen LogP contribution in [0.1, 0.15) is 30.5 Å². The van der Waals surface area contributed by atoms with Crippen molar-refractivity contribution in [3.05, 3.63) is 105 Å². The maximum atomic E-state index is 13.5. The molecule has 2 amide bonds. The monoisotopic (exact) mass is 500 g/mol. The van der Waals surface area contributed by atoms with Crippen molar-refractivity contribution >= 4 is 35.0 Å². The lowest BCUT2D eigenvalue weighted by Gasteiger charge is -2.33. The van der Waals surface area contributed by atoms with Crippen molar-refractivity contribution < 1.29 is 14.0 Å². The second-order valence-electron chi connectivity index (χ2n) is 8.41. The highest BCUT2D eigenvalue weighted by Crippen LogP contribution is 2.22. The van der Waals surface area contributed by atoms with Crippen LogP contribution < -0.4 is 5.32 Å². The number of nitrogens with zero attached hydrogens (tertiary/aromatic N) is 1. The Kier molecular flexibility index (Phi) is 9.08. The highest BCUT2D eigenvalue weighted by Gasteiger charge is 2.31. The topological polar surface area (TPSA) is 49.4 Å². The fourth-order valence-corrected chi connectivity index (χ4v) is 4.08. The van der Waals surface area contributed by atoms with Gasteiger partial charge in [0.15, 0.2) is 0 Å². The predicted octanol–water partition coefficient (Wildman–Crippen LogP) is 6.04. The Morgan fingerprint density at radius 3 is 2.24 bits per heavy atom. The summed E-state index contributed by atoms with van der Waals surface area (Å²) in [6.45, 7) is 3.97. The van der Waals surface area contributed by atoms with Crippen LogP contribution in [0, 0.1) is 11.7 Å². The van der Waals surface area contributed by atoms with Gasteiger partial charge in [-0.15, -0.1) is 0 Å². The van der Waals surface area contributed by atoms with Gasteiger partial charge in [0.25, 0.3) is 0 Å². The Bertz CT molecular complexity index is 1120. The Morgan fingerprint density at radius 1 is 0.941 bits per heavy atom. The van der Waals surface area contributed by atoms with Gasteiger partial charge in [-0.2, -0.15) is 0 Å². The van der Waals surface area contributed by atoms with Crippen molar-refractivity contribution in [1.29, 1.82) is 0 Å². The van der Waals surface area contributed by atoms with E-state index in [0.29, 0.717) is 16.5 Å². The zero-order chi connectivity index (χ0) is 24.7. The van der Waals surface area contributed by atoms with Crippen LogP contribution in [0.4, 0.5) is 4.39 Å². The number of carbonyl (C=O) groups is 2. The Hall–Kier alpha value is -2.89. The summed E-state index contributed by atoms with van der Waals surface area (Å²) in [7, 11) is 0. The second kappa shape index (κ2) is 12.0. The van der Waals surface area contributed by atoms with E-state index in [9.17, 15) is 14.0 Å². The quantitative estimate of drug-likeness (QED) is 0.389. The van der Waals surface area contributed by atoms with E-state index in [2.05, 4.69) is 5.32 Å². The van der Waals surface area contributed by atoms with Crippen LogP contribution in [0.5, 0.6) is 0 Å². The van der Waals surface area contributed by atoms with Gasteiger partial charge in [0.1, 0.15) is 11.9 Å².